The van der Waals surface area contributed by atoms with Crippen LogP contribution in [0.25, 0.3) is 0 Å². The summed E-state index contributed by atoms with van der Waals surface area (Å²) in [6.45, 7) is 2.98. The van der Waals surface area contributed by atoms with Crippen molar-refractivity contribution in [3.63, 3.8) is 0 Å². The Morgan fingerprint density at radius 1 is 1.21 bits per heavy atom. The number of phenols is 1. The quantitative estimate of drug-likeness (QED) is 0.908. The summed E-state index contributed by atoms with van der Waals surface area (Å²) in [5.74, 6) is -0.174. The van der Waals surface area contributed by atoms with Crippen LogP contribution in [-0.4, -0.2) is 23.5 Å². The van der Waals surface area contributed by atoms with E-state index < -0.39 is 0 Å². The molecular weight excluding hydrogens is 304 g/mol. The number of amides is 2. The second-order valence-corrected chi connectivity index (χ2v) is 6.02. The first kappa shape index (κ1) is 16.1. The maximum absolute atomic E-state index is 12.1. The highest BCUT2D eigenvalue weighted by Gasteiger charge is 2.21. The SMILES string of the molecule is Cc1ccc(C(=O)NCc2ccc(N3CCCC3=O)cc2)c(O)c1. The fourth-order valence-corrected chi connectivity index (χ4v) is 2.83. The minimum Gasteiger partial charge on any atom is -0.507 e. The van der Waals surface area contributed by atoms with E-state index in [1.54, 1.807) is 23.1 Å². The van der Waals surface area contributed by atoms with Gasteiger partial charge in [0.1, 0.15) is 5.75 Å². The van der Waals surface area contributed by atoms with Gasteiger partial charge in [0.15, 0.2) is 0 Å². The van der Waals surface area contributed by atoms with Crippen molar-refractivity contribution in [2.45, 2.75) is 26.3 Å². The molecule has 2 aromatic carbocycles. The van der Waals surface area contributed by atoms with E-state index >= 15 is 0 Å². The van der Waals surface area contributed by atoms with Gasteiger partial charge in [-0.05, 0) is 48.7 Å². The third-order valence-corrected chi connectivity index (χ3v) is 4.17. The van der Waals surface area contributed by atoms with Crippen LogP contribution in [0.3, 0.4) is 0 Å². The first-order valence-electron chi connectivity index (χ1n) is 8.02. The molecule has 0 unspecified atom stereocenters. The molecule has 0 bridgehead atoms. The predicted molar refractivity (Wildman–Crippen MR) is 92.0 cm³/mol. The molecule has 5 heteroatoms. The molecule has 0 atom stereocenters. The van der Waals surface area contributed by atoms with Gasteiger partial charge in [-0.3, -0.25) is 9.59 Å². The van der Waals surface area contributed by atoms with Gasteiger partial charge in [-0.15, -0.1) is 0 Å². The van der Waals surface area contributed by atoms with Gasteiger partial charge in [-0.2, -0.15) is 0 Å². The lowest BCUT2D eigenvalue weighted by Crippen LogP contribution is -2.24. The van der Waals surface area contributed by atoms with Gasteiger partial charge < -0.3 is 15.3 Å². The highest BCUT2D eigenvalue weighted by Crippen LogP contribution is 2.22. The molecule has 0 aromatic heterocycles. The Balaban J connectivity index is 1.62. The molecule has 2 N–H and O–H groups in total. The number of nitrogens with one attached hydrogen (secondary N) is 1. The van der Waals surface area contributed by atoms with Gasteiger partial charge in [0.2, 0.25) is 5.91 Å². The van der Waals surface area contributed by atoms with E-state index in [4.69, 9.17) is 0 Å². The molecule has 0 spiro atoms. The Morgan fingerprint density at radius 2 is 1.96 bits per heavy atom. The third kappa shape index (κ3) is 3.40. The number of anilines is 1. The number of nitrogens with zero attached hydrogens (tertiary/aromatic N) is 1. The number of carbonyl (C=O) groups is 2. The van der Waals surface area contributed by atoms with E-state index in [-0.39, 0.29) is 23.1 Å². The number of aryl methyl sites for hydroxylation is 1. The largest absolute Gasteiger partial charge is 0.507 e. The van der Waals surface area contributed by atoms with Crippen LogP contribution in [0, 0.1) is 6.92 Å². The molecule has 1 saturated heterocycles. The highest BCUT2D eigenvalue weighted by atomic mass is 16.3. The molecule has 1 aliphatic rings. The Kier molecular flexibility index (Phi) is 4.51. The smallest absolute Gasteiger partial charge is 0.255 e. The molecule has 0 aliphatic carbocycles. The van der Waals surface area contributed by atoms with E-state index in [0.29, 0.717) is 13.0 Å². The molecule has 0 radical (unpaired) electrons. The highest BCUT2D eigenvalue weighted by molar-refractivity contribution is 5.97. The Labute approximate surface area is 140 Å². The van der Waals surface area contributed by atoms with E-state index in [0.717, 1.165) is 29.8 Å². The predicted octanol–water partition coefficient (Wildman–Crippen LogP) is 2.76. The van der Waals surface area contributed by atoms with E-state index in [1.165, 1.54) is 0 Å². The molecule has 2 aromatic rings. The monoisotopic (exact) mass is 324 g/mol. The number of benzene rings is 2. The van der Waals surface area contributed by atoms with E-state index in [9.17, 15) is 14.7 Å². The summed E-state index contributed by atoms with van der Waals surface area (Å²) in [7, 11) is 0. The summed E-state index contributed by atoms with van der Waals surface area (Å²) >= 11 is 0. The Morgan fingerprint density at radius 3 is 2.58 bits per heavy atom. The molecule has 1 aliphatic heterocycles. The van der Waals surface area contributed by atoms with Crippen molar-refractivity contribution in [1.29, 1.82) is 0 Å². The van der Waals surface area contributed by atoms with Crippen LogP contribution in [0.5, 0.6) is 5.75 Å². The van der Waals surface area contributed by atoms with Gasteiger partial charge in [-0.1, -0.05) is 18.2 Å². The van der Waals surface area contributed by atoms with Crippen LogP contribution >= 0.6 is 0 Å². The molecular formula is C19H20N2O3. The standard InChI is InChI=1S/C19H20N2O3/c1-13-4-9-16(17(22)11-13)19(24)20-12-14-5-7-15(8-6-14)21-10-2-3-18(21)23/h4-9,11,22H,2-3,10,12H2,1H3,(H,20,24). The fourth-order valence-electron chi connectivity index (χ4n) is 2.83. The fraction of sp³-hybridized carbons (Fsp3) is 0.263. The number of hydrogen-bond acceptors (Lipinski definition) is 3. The van der Waals surface area contributed by atoms with Crippen LogP contribution in [-0.2, 0) is 11.3 Å². The summed E-state index contributed by atoms with van der Waals surface area (Å²) in [5.41, 5.74) is 2.99. The molecule has 5 nitrogen and oxygen atoms in total. The number of rotatable bonds is 4. The van der Waals surface area contributed by atoms with Gasteiger partial charge in [-0.25, -0.2) is 0 Å². The average molecular weight is 324 g/mol. The molecule has 1 fully saturated rings. The summed E-state index contributed by atoms with van der Waals surface area (Å²) in [4.78, 5) is 25.7. The number of phenolic OH excluding ortho intramolecular Hbond substituents is 1. The summed E-state index contributed by atoms with van der Waals surface area (Å²) in [6.07, 6.45) is 1.51. The minimum atomic E-state index is -0.314. The molecule has 2 amide bonds. The van der Waals surface area contributed by atoms with Crippen LogP contribution in [0.4, 0.5) is 5.69 Å². The van der Waals surface area contributed by atoms with Crippen LogP contribution < -0.4 is 10.2 Å². The van der Waals surface area contributed by atoms with Crippen molar-refractivity contribution in [3.8, 4) is 5.75 Å². The van der Waals surface area contributed by atoms with E-state index in [1.807, 2.05) is 31.2 Å². The zero-order valence-corrected chi connectivity index (χ0v) is 13.6. The van der Waals surface area contributed by atoms with Crippen molar-refractivity contribution in [2.24, 2.45) is 0 Å². The van der Waals surface area contributed by atoms with Gasteiger partial charge >= 0.3 is 0 Å². The van der Waals surface area contributed by atoms with Crippen molar-refractivity contribution < 1.29 is 14.7 Å². The third-order valence-electron chi connectivity index (χ3n) is 4.17. The number of hydrogen-bond donors (Lipinski definition) is 2. The maximum Gasteiger partial charge on any atom is 0.255 e. The summed E-state index contributed by atoms with van der Waals surface area (Å²) in [6, 6.07) is 12.6. The van der Waals surface area contributed by atoms with Gasteiger partial charge in [0.25, 0.3) is 5.91 Å². The van der Waals surface area contributed by atoms with Crippen LogP contribution in [0.2, 0.25) is 0 Å². The van der Waals surface area contributed by atoms with Crippen molar-refractivity contribution in [1.82, 2.24) is 5.32 Å². The zero-order chi connectivity index (χ0) is 17.1. The van der Waals surface area contributed by atoms with Crippen molar-refractivity contribution in [2.75, 3.05) is 11.4 Å². The first-order valence-corrected chi connectivity index (χ1v) is 8.02. The van der Waals surface area contributed by atoms with Crippen LogP contribution in [0.1, 0.15) is 34.3 Å². The minimum absolute atomic E-state index is 0.0182. The van der Waals surface area contributed by atoms with Gasteiger partial charge in [0.05, 0.1) is 5.56 Å². The molecule has 3 rings (SSSR count). The summed E-state index contributed by atoms with van der Waals surface area (Å²) < 4.78 is 0. The average Bonchev–Trinajstić information content (AvgIpc) is 2.99. The zero-order valence-electron chi connectivity index (χ0n) is 13.6. The lowest BCUT2D eigenvalue weighted by Gasteiger charge is -2.16. The van der Waals surface area contributed by atoms with Crippen molar-refractivity contribution in [3.05, 3.63) is 59.2 Å². The molecule has 0 saturated carbocycles. The van der Waals surface area contributed by atoms with E-state index in [2.05, 4.69) is 5.32 Å². The number of carbonyl (C=O) groups excluding carboxylic acids is 2. The Hall–Kier alpha value is -2.82. The van der Waals surface area contributed by atoms with Crippen LogP contribution in [0.15, 0.2) is 42.5 Å². The normalized spacial score (nSPS) is 14.0. The van der Waals surface area contributed by atoms with Gasteiger partial charge in [0, 0.05) is 25.2 Å². The lowest BCUT2D eigenvalue weighted by atomic mass is 10.1. The van der Waals surface area contributed by atoms with Crippen molar-refractivity contribution >= 4 is 17.5 Å². The topological polar surface area (TPSA) is 69.6 Å². The summed E-state index contributed by atoms with van der Waals surface area (Å²) in [5, 5.41) is 12.6. The molecule has 1 heterocycles. The number of aromatic hydroxyl groups is 1. The molecule has 24 heavy (non-hydrogen) atoms. The maximum atomic E-state index is 12.1. The molecule has 124 valence electrons. The Bertz CT molecular complexity index is 769. The lowest BCUT2D eigenvalue weighted by molar-refractivity contribution is -0.117. The second-order valence-electron chi connectivity index (χ2n) is 6.02. The second kappa shape index (κ2) is 6.74. The first-order chi connectivity index (χ1) is 11.5.